The first-order valence-electron chi connectivity index (χ1n) is 3.91. The van der Waals surface area contributed by atoms with E-state index in [0.717, 1.165) is 6.42 Å². The van der Waals surface area contributed by atoms with Crippen LogP contribution in [0.5, 0.6) is 0 Å². The van der Waals surface area contributed by atoms with E-state index in [2.05, 4.69) is 6.92 Å². The molecule has 2 atom stereocenters. The van der Waals surface area contributed by atoms with Gasteiger partial charge in [0.25, 0.3) is 0 Å². The Balaban J connectivity index is 2.24. The van der Waals surface area contributed by atoms with Crippen molar-refractivity contribution < 1.29 is 14.6 Å². The van der Waals surface area contributed by atoms with Crippen LogP contribution in [0.15, 0.2) is 12.2 Å². The molecule has 0 bridgehead atoms. The van der Waals surface area contributed by atoms with Crippen LogP contribution in [0.3, 0.4) is 0 Å². The molecule has 0 spiro atoms. The molecular formula is C8H14O3. The van der Waals surface area contributed by atoms with Crippen LogP contribution in [0.4, 0.5) is 0 Å². The zero-order valence-electron chi connectivity index (χ0n) is 6.69. The summed E-state index contributed by atoms with van der Waals surface area (Å²) in [6.07, 6.45) is 4.46. The number of allylic oxidation sites excluding steroid dienone is 1. The van der Waals surface area contributed by atoms with E-state index >= 15 is 0 Å². The van der Waals surface area contributed by atoms with Crippen molar-refractivity contribution in [1.29, 1.82) is 0 Å². The summed E-state index contributed by atoms with van der Waals surface area (Å²) in [5.41, 5.74) is 0. The second kappa shape index (κ2) is 4.49. The minimum atomic E-state index is -0.243. The van der Waals surface area contributed by atoms with Gasteiger partial charge in [0.05, 0.1) is 13.2 Å². The van der Waals surface area contributed by atoms with Gasteiger partial charge in [-0.3, -0.25) is 0 Å². The highest BCUT2D eigenvalue weighted by atomic mass is 16.7. The molecule has 1 saturated heterocycles. The SMILES string of the molecule is CCC=CC1OCC(CO)O1. The minimum Gasteiger partial charge on any atom is -0.394 e. The van der Waals surface area contributed by atoms with Gasteiger partial charge in [-0.05, 0) is 12.5 Å². The normalized spacial score (nSPS) is 31.8. The molecule has 0 aliphatic carbocycles. The molecule has 1 aliphatic heterocycles. The van der Waals surface area contributed by atoms with Crippen LogP contribution >= 0.6 is 0 Å². The highest BCUT2D eigenvalue weighted by molar-refractivity contribution is 4.86. The average molecular weight is 158 g/mol. The second-order valence-corrected chi connectivity index (χ2v) is 2.48. The van der Waals surface area contributed by atoms with Crippen molar-refractivity contribution in [3.8, 4) is 0 Å². The molecule has 0 radical (unpaired) electrons. The van der Waals surface area contributed by atoms with Crippen molar-refractivity contribution in [3.05, 3.63) is 12.2 Å². The quantitative estimate of drug-likeness (QED) is 0.614. The second-order valence-electron chi connectivity index (χ2n) is 2.48. The Bertz CT molecular complexity index is 133. The highest BCUT2D eigenvalue weighted by Crippen LogP contribution is 2.11. The van der Waals surface area contributed by atoms with Crippen molar-refractivity contribution in [1.82, 2.24) is 0 Å². The molecule has 64 valence electrons. The van der Waals surface area contributed by atoms with Gasteiger partial charge in [0.15, 0.2) is 6.29 Å². The molecule has 1 aliphatic rings. The lowest BCUT2D eigenvalue weighted by Gasteiger charge is -2.03. The maximum Gasteiger partial charge on any atom is 0.177 e. The van der Waals surface area contributed by atoms with Crippen molar-refractivity contribution >= 4 is 0 Å². The molecule has 1 N–H and O–H groups in total. The van der Waals surface area contributed by atoms with E-state index in [1.165, 1.54) is 0 Å². The van der Waals surface area contributed by atoms with E-state index in [-0.39, 0.29) is 19.0 Å². The number of aliphatic hydroxyl groups is 1. The minimum absolute atomic E-state index is 0.0382. The summed E-state index contributed by atoms with van der Waals surface area (Å²) in [4.78, 5) is 0. The molecule has 0 amide bonds. The monoisotopic (exact) mass is 158 g/mol. The summed E-state index contributed by atoms with van der Waals surface area (Å²) in [7, 11) is 0. The predicted octanol–water partition coefficient (Wildman–Crippen LogP) is 0.686. The molecule has 11 heavy (non-hydrogen) atoms. The largest absolute Gasteiger partial charge is 0.394 e. The number of hydrogen-bond acceptors (Lipinski definition) is 3. The van der Waals surface area contributed by atoms with Gasteiger partial charge in [0.2, 0.25) is 0 Å². The van der Waals surface area contributed by atoms with E-state index in [4.69, 9.17) is 14.6 Å². The summed E-state index contributed by atoms with van der Waals surface area (Å²) < 4.78 is 10.4. The van der Waals surface area contributed by atoms with Gasteiger partial charge < -0.3 is 14.6 Å². The molecular weight excluding hydrogens is 144 g/mol. The van der Waals surface area contributed by atoms with E-state index in [9.17, 15) is 0 Å². The Labute approximate surface area is 66.6 Å². The van der Waals surface area contributed by atoms with E-state index in [1.54, 1.807) is 0 Å². The summed E-state index contributed by atoms with van der Waals surface area (Å²) in [5, 5.41) is 8.68. The zero-order chi connectivity index (χ0) is 8.10. The maximum atomic E-state index is 8.68. The molecule has 1 fully saturated rings. The van der Waals surface area contributed by atoms with Crippen LogP contribution in [0.2, 0.25) is 0 Å². The van der Waals surface area contributed by atoms with Gasteiger partial charge in [-0.25, -0.2) is 0 Å². The fourth-order valence-electron chi connectivity index (χ4n) is 0.914. The number of aliphatic hydroxyl groups excluding tert-OH is 1. The number of hydrogen-bond donors (Lipinski definition) is 1. The summed E-state index contributed by atoms with van der Waals surface area (Å²) in [5.74, 6) is 0. The fourth-order valence-corrected chi connectivity index (χ4v) is 0.914. The van der Waals surface area contributed by atoms with E-state index in [0.29, 0.717) is 6.61 Å². The third kappa shape index (κ3) is 2.61. The number of rotatable bonds is 3. The van der Waals surface area contributed by atoms with E-state index in [1.807, 2.05) is 12.2 Å². The zero-order valence-corrected chi connectivity index (χ0v) is 6.69. The molecule has 3 heteroatoms. The average Bonchev–Trinajstić information content (AvgIpc) is 2.48. The van der Waals surface area contributed by atoms with Gasteiger partial charge in [0.1, 0.15) is 6.10 Å². The maximum absolute atomic E-state index is 8.68. The fraction of sp³-hybridized carbons (Fsp3) is 0.750. The molecule has 3 nitrogen and oxygen atoms in total. The smallest absolute Gasteiger partial charge is 0.177 e. The Kier molecular flexibility index (Phi) is 3.56. The van der Waals surface area contributed by atoms with Crippen LogP contribution < -0.4 is 0 Å². The standard InChI is InChI=1S/C8H14O3/c1-2-3-4-8-10-6-7(5-9)11-8/h3-4,7-9H,2,5-6H2,1H3. The molecule has 0 aromatic rings. The lowest BCUT2D eigenvalue weighted by atomic mass is 10.4. The van der Waals surface area contributed by atoms with Crippen LogP contribution in [0, 0.1) is 0 Å². The Hall–Kier alpha value is -0.380. The summed E-state index contributed by atoms with van der Waals surface area (Å²) in [6.45, 7) is 2.58. The van der Waals surface area contributed by atoms with Gasteiger partial charge >= 0.3 is 0 Å². The number of ether oxygens (including phenoxy) is 2. The summed E-state index contributed by atoms with van der Waals surface area (Å²) in [6, 6.07) is 0. The van der Waals surface area contributed by atoms with Crippen LogP contribution in [0.1, 0.15) is 13.3 Å². The van der Waals surface area contributed by atoms with E-state index < -0.39 is 0 Å². The molecule has 0 saturated carbocycles. The van der Waals surface area contributed by atoms with Gasteiger partial charge in [-0.1, -0.05) is 13.0 Å². The van der Waals surface area contributed by atoms with Crippen molar-refractivity contribution in [2.75, 3.05) is 13.2 Å². The Morgan fingerprint density at radius 3 is 3.00 bits per heavy atom. The van der Waals surface area contributed by atoms with Crippen LogP contribution in [-0.2, 0) is 9.47 Å². The van der Waals surface area contributed by atoms with Gasteiger partial charge in [-0.2, -0.15) is 0 Å². The highest BCUT2D eigenvalue weighted by Gasteiger charge is 2.22. The third-order valence-electron chi connectivity index (χ3n) is 1.51. The predicted molar refractivity (Wildman–Crippen MR) is 41.1 cm³/mol. The van der Waals surface area contributed by atoms with Gasteiger partial charge in [-0.15, -0.1) is 0 Å². The first-order chi connectivity index (χ1) is 5.36. The van der Waals surface area contributed by atoms with Crippen molar-refractivity contribution in [2.24, 2.45) is 0 Å². The first-order valence-corrected chi connectivity index (χ1v) is 3.91. The Morgan fingerprint density at radius 1 is 1.64 bits per heavy atom. The molecule has 0 aromatic heterocycles. The molecule has 2 unspecified atom stereocenters. The van der Waals surface area contributed by atoms with Crippen LogP contribution in [0.25, 0.3) is 0 Å². The summed E-state index contributed by atoms with van der Waals surface area (Å²) >= 11 is 0. The Morgan fingerprint density at radius 2 is 2.45 bits per heavy atom. The molecule has 1 heterocycles. The van der Waals surface area contributed by atoms with Gasteiger partial charge in [0, 0.05) is 0 Å². The third-order valence-corrected chi connectivity index (χ3v) is 1.51. The van der Waals surface area contributed by atoms with Crippen molar-refractivity contribution in [3.63, 3.8) is 0 Å². The lowest BCUT2D eigenvalue weighted by Crippen LogP contribution is -2.15. The van der Waals surface area contributed by atoms with Crippen LogP contribution in [-0.4, -0.2) is 30.7 Å². The van der Waals surface area contributed by atoms with Crippen molar-refractivity contribution in [2.45, 2.75) is 25.7 Å². The first kappa shape index (κ1) is 8.71. The lowest BCUT2D eigenvalue weighted by molar-refractivity contribution is -0.0300. The molecule has 0 aromatic carbocycles. The topological polar surface area (TPSA) is 38.7 Å². The molecule has 1 rings (SSSR count).